The van der Waals surface area contributed by atoms with Gasteiger partial charge in [-0.05, 0) is 35.4 Å². The van der Waals surface area contributed by atoms with Gasteiger partial charge in [0.15, 0.2) is 0 Å². The molecule has 0 amide bonds. The van der Waals surface area contributed by atoms with Crippen LogP contribution in [0.5, 0.6) is 5.75 Å². The molecule has 0 aliphatic heterocycles. The van der Waals surface area contributed by atoms with E-state index < -0.39 is 0 Å². The quantitative estimate of drug-likeness (QED) is 0.557. The van der Waals surface area contributed by atoms with E-state index in [0.29, 0.717) is 6.61 Å². The van der Waals surface area contributed by atoms with Crippen LogP contribution in [0.4, 0.5) is 5.69 Å². The molecule has 0 bridgehead atoms. The summed E-state index contributed by atoms with van der Waals surface area (Å²) < 4.78 is 5.92. The molecule has 26 heavy (non-hydrogen) atoms. The first-order valence-corrected chi connectivity index (χ1v) is 8.68. The SMILES string of the molecule is Nc1cc(Cc2cccc(OCc3ccccc3)c2)nc2ccccc12. The van der Waals surface area contributed by atoms with Crippen LogP contribution >= 0.6 is 0 Å². The van der Waals surface area contributed by atoms with Gasteiger partial charge in [-0.1, -0.05) is 60.7 Å². The molecule has 0 saturated heterocycles. The number of nitrogen functional groups attached to an aromatic ring is 1. The average Bonchev–Trinajstić information content (AvgIpc) is 2.68. The number of aromatic nitrogens is 1. The Balaban J connectivity index is 1.52. The maximum absolute atomic E-state index is 6.19. The van der Waals surface area contributed by atoms with E-state index in [1.165, 1.54) is 0 Å². The average molecular weight is 340 g/mol. The third-order valence-corrected chi connectivity index (χ3v) is 4.33. The van der Waals surface area contributed by atoms with Crippen molar-refractivity contribution in [1.82, 2.24) is 4.98 Å². The van der Waals surface area contributed by atoms with Gasteiger partial charge in [0.2, 0.25) is 0 Å². The second-order valence-electron chi connectivity index (χ2n) is 6.32. The molecular weight excluding hydrogens is 320 g/mol. The summed E-state index contributed by atoms with van der Waals surface area (Å²) in [4.78, 5) is 4.73. The number of benzene rings is 3. The molecule has 3 nitrogen and oxygen atoms in total. The maximum atomic E-state index is 6.19. The number of ether oxygens (including phenoxy) is 1. The highest BCUT2D eigenvalue weighted by Crippen LogP contribution is 2.23. The van der Waals surface area contributed by atoms with E-state index in [1.54, 1.807) is 0 Å². The van der Waals surface area contributed by atoms with Crippen molar-refractivity contribution in [2.45, 2.75) is 13.0 Å². The van der Waals surface area contributed by atoms with Crippen molar-refractivity contribution in [3.8, 4) is 5.75 Å². The van der Waals surface area contributed by atoms with E-state index >= 15 is 0 Å². The van der Waals surface area contributed by atoms with Gasteiger partial charge in [-0.3, -0.25) is 4.98 Å². The molecule has 3 aromatic carbocycles. The number of pyridine rings is 1. The number of para-hydroxylation sites is 1. The summed E-state index contributed by atoms with van der Waals surface area (Å²) in [7, 11) is 0. The van der Waals surface area contributed by atoms with Crippen molar-refractivity contribution < 1.29 is 4.74 Å². The fourth-order valence-electron chi connectivity index (χ4n) is 3.05. The summed E-state index contributed by atoms with van der Waals surface area (Å²) in [5.74, 6) is 0.861. The maximum Gasteiger partial charge on any atom is 0.120 e. The van der Waals surface area contributed by atoms with Crippen molar-refractivity contribution in [1.29, 1.82) is 0 Å². The Morgan fingerprint density at radius 2 is 1.54 bits per heavy atom. The topological polar surface area (TPSA) is 48.1 Å². The van der Waals surface area contributed by atoms with Crippen LogP contribution in [0.3, 0.4) is 0 Å². The number of fused-ring (bicyclic) bond motifs is 1. The van der Waals surface area contributed by atoms with Gasteiger partial charge in [0.1, 0.15) is 12.4 Å². The molecule has 1 heterocycles. The normalized spacial score (nSPS) is 10.8. The van der Waals surface area contributed by atoms with Gasteiger partial charge < -0.3 is 10.5 Å². The molecular formula is C23H20N2O. The van der Waals surface area contributed by atoms with Crippen molar-refractivity contribution in [2.75, 3.05) is 5.73 Å². The summed E-state index contributed by atoms with van der Waals surface area (Å²) in [5.41, 5.74) is 11.1. The fourth-order valence-corrected chi connectivity index (χ4v) is 3.05. The molecule has 2 N–H and O–H groups in total. The molecule has 0 aliphatic carbocycles. The lowest BCUT2D eigenvalue weighted by atomic mass is 10.1. The molecule has 4 aromatic rings. The van der Waals surface area contributed by atoms with Crippen molar-refractivity contribution in [3.63, 3.8) is 0 Å². The lowest BCUT2D eigenvalue weighted by Crippen LogP contribution is -1.98. The third kappa shape index (κ3) is 3.67. The summed E-state index contributed by atoms with van der Waals surface area (Å²) in [5, 5.41) is 0.996. The number of nitrogens with two attached hydrogens (primary N) is 1. The van der Waals surface area contributed by atoms with Crippen LogP contribution < -0.4 is 10.5 Å². The van der Waals surface area contributed by atoms with Crippen LogP contribution in [-0.2, 0) is 13.0 Å². The second kappa shape index (κ2) is 7.28. The number of hydrogen-bond acceptors (Lipinski definition) is 3. The summed E-state index contributed by atoms with van der Waals surface area (Å²) >= 11 is 0. The second-order valence-corrected chi connectivity index (χ2v) is 6.32. The zero-order chi connectivity index (χ0) is 17.8. The molecule has 4 rings (SSSR count). The minimum atomic E-state index is 0.561. The van der Waals surface area contributed by atoms with Gasteiger partial charge in [0.25, 0.3) is 0 Å². The third-order valence-electron chi connectivity index (χ3n) is 4.33. The van der Waals surface area contributed by atoms with Crippen molar-refractivity contribution >= 4 is 16.6 Å². The largest absolute Gasteiger partial charge is 0.489 e. The molecule has 3 heteroatoms. The Hall–Kier alpha value is -3.33. The lowest BCUT2D eigenvalue weighted by Gasteiger charge is -2.09. The molecule has 0 atom stereocenters. The van der Waals surface area contributed by atoms with Crippen LogP contribution in [0.25, 0.3) is 10.9 Å². The standard InChI is InChI=1S/C23H20N2O/c24-22-15-19(25-23-12-5-4-11-21(22)23)13-18-9-6-10-20(14-18)26-16-17-7-2-1-3-8-17/h1-12,14-15H,13,16H2,(H2,24,25). The Morgan fingerprint density at radius 3 is 2.42 bits per heavy atom. The molecule has 1 aromatic heterocycles. The Bertz CT molecular complexity index is 1030. The van der Waals surface area contributed by atoms with E-state index in [1.807, 2.05) is 60.7 Å². The van der Waals surface area contributed by atoms with E-state index in [9.17, 15) is 0 Å². The number of rotatable bonds is 5. The lowest BCUT2D eigenvalue weighted by molar-refractivity contribution is 0.306. The van der Waals surface area contributed by atoms with Gasteiger partial charge in [-0.25, -0.2) is 0 Å². The first-order valence-electron chi connectivity index (χ1n) is 8.68. The number of nitrogens with zero attached hydrogens (tertiary/aromatic N) is 1. The van der Waals surface area contributed by atoms with Gasteiger partial charge in [-0.15, -0.1) is 0 Å². The first-order chi connectivity index (χ1) is 12.8. The molecule has 0 spiro atoms. The highest BCUT2D eigenvalue weighted by atomic mass is 16.5. The Labute approximate surface area is 153 Å². The minimum Gasteiger partial charge on any atom is -0.489 e. The van der Waals surface area contributed by atoms with E-state index in [4.69, 9.17) is 15.5 Å². The Kier molecular flexibility index (Phi) is 4.52. The number of anilines is 1. The van der Waals surface area contributed by atoms with E-state index in [-0.39, 0.29) is 0 Å². The Morgan fingerprint density at radius 1 is 0.769 bits per heavy atom. The highest BCUT2D eigenvalue weighted by Gasteiger charge is 2.05. The van der Waals surface area contributed by atoms with E-state index in [2.05, 4.69) is 24.3 Å². The van der Waals surface area contributed by atoms with Gasteiger partial charge >= 0.3 is 0 Å². The molecule has 0 fully saturated rings. The molecule has 0 saturated carbocycles. The van der Waals surface area contributed by atoms with Gasteiger partial charge in [0, 0.05) is 23.2 Å². The van der Waals surface area contributed by atoms with Crippen molar-refractivity contribution in [3.05, 3.63) is 102 Å². The molecule has 0 radical (unpaired) electrons. The van der Waals surface area contributed by atoms with Crippen LogP contribution in [0.15, 0.2) is 84.9 Å². The zero-order valence-corrected chi connectivity index (χ0v) is 14.4. The summed E-state index contributed by atoms with van der Waals surface area (Å²) in [6, 6.07) is 28.2. The summed E-state index contributed by atoms with van der Waals surface area (Å²) in [6.45, 7) is 0.561. The fraction of sp³-hybridized carbons (Fsp3) is 0.0870. The zero-order valence-electron chi connectivity index (χ0n) is 14.4. The van der Waals surface area contributed by atoms with Crippen LogP contribution in [0.1, 0.15) is 16.8 Å². The monoisotopic (exact) mass is 340 g/mol. The smallest absolute Gasteiger partial charge is 0.120 e. The van der Waals surface area contributed by atoms with Crippen molar-refractivity contribution in [2.24, 2.45) is 0 Å². The molecule has 0 aliphatic rings. The molecule has 0 unspecified atom stereocenters. The number of hydrogen-bond donors (Lipinski definition) is 1. The van der Waals surface area contributed by atoms with Crippen LogP contribution in [0.2, 0.25) is 0 Å². The van der Waals surface area contributed by atoms with Crippen LogP contribution in [-0.4, -0.2) is 4.98 Å². The first kappa shape index (κ1) is 16.2. The predicted molar refractivity (Wildman–Crippen MR) is 106 cm³/mol. The predicted octanol–water partition coefficient (Wildman–Crippen LogP) is 4.99. The van der Waals surface area contributed by atoms with Crippen LogP contribution in [0, 0.1) is 0 Å². The van der Waals surface area contributed by atoms with Gasteiger partial charge in [-0.2, -0.15) is 0 Å². The summed E-state index contributed by atoms with van der Waals surface area (Å²) in [6.07, 6.45) is 0.720. The van der Waals surface area contributed by atoms with Gasteiger partial charge in [0.05, 0.1) is 5.52 Å². The minimum absolute atomic E-state index is 0.561. The highest BCUT2D eigenvalue weighted by molar-refractivity contribution is 5.90. The van der Waals surface area contributed by atoms with E-state index in [0.717, 1.165) is 45.6 Å². The molecule has 128 valence electrons.